The lowest BCUT2D eigenvalue weighted by Gasteiger charge is -2.05. The van der Waals surface area contributed by atoms with Crippen molar-refractivity contribution < 1.29 is 0 Å². The molecule has 0 N–H and O–H groups in total. The number of benzene rings is 1. The maximum atomic E-state index is 3.49. The Morgan fingerprint density at radius 2 is 2.07 bits per heavy atom. The van der Waals surface area contributed by atoms with E-state index in [2.05, 4.69) is 60.1 Å². The van der Waals surface area contributed by atoms with Gasteiger partial charge in [-0.05, 0) is 49.6 Å². The molecule has 1 aromatic carbocycles. The van der Waals surface area contributed by atoms with Crippen molar-refractivity contribution in [3.63, 3.8) is 0 Å². The van der Waals surface area contributed by atoms with Crippen LogP contribution in [0.3, 0.4) is 0 Å². The molecule has 1 rings (SSSR count). The van der Waals surface area contributed by atoms with Crippen LogP contribution in [0.1, 0.15) is 25.0 Å². The van der Waals surface area contributed by atoms with Crippen molar-refractivity contribution in [3.8, 4) is 0 Å². The lowest BCUT2D eigenvalue weighted by atomic mass is 10.0. The predicted octanol–water partition coefficient (Wildman–Crippen LogP) is 4.74. The van der Waals surface area contributed by atoms with E-state index in [4.69, 9.17) is 0 Å². The standard InChI is InChI=1S/C13H15Br/c1-4-5-6-10(2)13-9-12(14)8-7-11(13)3/h4-9H,1-3H3/b5-4-,10-6+. The predicted molar refractivity (Wildman–Crippen MR) is 67.3 cm³/mol. The van der Waals surface area contributed by atoms with E-state index in [9.17, 15) is 0 Å². The van der Waals surface area contributed by atoms with Gasteiger partial charge in [-0.3, -0.25) is 0 Å². The minimum atomic E-state index is 1.13. The average Bonchev–Trinajstić information content (AvgIpc) is 2.18. The molecule has 0 aromatic heterocycles. The first-order valence-electron chi connectivity index (χ1n) is 4.71. The Morgan fingerprint density at radius 1 is 1.36 bits per heavy atom. The Labute approximate surface area is 94.5 Å². The molecule has 0 bridgehead atoms. The van der Waals surface area contributed by atoms with Crippen LogP contribution in [0, 0.1) is 6.92 Å². The first-order valence-corrected chi connectivity index (χ1v) is 5.50. The second-order valence-electron chi connectivity index (χ2n) is 3.33. The summed E-state index contributed by atoms with van der Waals surface area (Å²) in [6, 6.07) is 6.36. The van der Waals surface area contributed by atoms with Gasteiger partial charge in [0.2, 0.25) is 0 Å². The Hall–Kier alpha value is -0.820. The molecule has 0 heterocycles. The molecule has 0 aliphatic rings. The largest absolute Gasteiger partial charge is 0.0877 e. The van der Waals surface area contributed by atoms with E-state index in [0.717, 1.165) is 4.47 Å². The third-order valence-corrected chi connectivity index (χ3v) is 2.66. The summed E-state index contributed by atoms with van der Waals surface area (Å²) in [6.45, 7) is 6.29. The molecule has 0 aliphatic carbocycles. The van der Waals surface area contributed by atoms with Crippen LogP contribution in [0.4, 0.5) is 0 Å². The lowest BCUT2D eigenvalue weighted by molar-refractivity contribution is 1.39. The molecule has 1 aromatic rings. The molecule has 14 heavy (non-hydrogen) atoms. The Kier molecular flexibility index (Phi) is 4.15. The van der Waals surface area contributed by atoms with Crippen molar-refractivity contribution >= 4 is 21.5 Å². The van der Waals surface area contributed by atoms with Gasteiger partial charge in [0.25, 0.3) is 0 Å². The van der Waals surface area contributed by atoms with E-state index in [1.54, 1.807) is 0 Å². The Balaban J connectivity index is 3.11. The number of hydrogen-bond acceptors (Lipinski definition) is 0. The monoisotopic (exact) mass is 250 g/mol. The lowest BCUT2D eigenvalue weighted by Crippen LogP contribution is -1.85. The fourth-order valence-corrected chi connectivity index (χ4v) is 1.71. The fourth-order valence-electron chi connectivity index (χ4n) is 1.35. The molecular weight excluding hydrogens is 236 g/mol. The summed E-state index contributed by atoms with van der Waals surface area (Å²) in [5.41, 5.74) is 3.91. The molecule has 1 heteroatoms. The average molecular weight is 251 g/mol. The molecule has 0 fully saturated rings. The van der Waals surface area contributed by atoms with E-state index in [1.807, 2.05) is 13.0 Å². The summed E-state index contributed by atoms with van der Waals surface area (Å²) in [5.74, 6) is 0. The van der Waals surface area contributed by atoms with Crippen LogP contribution in [0.5, 0.6) is 0 Å². The van der Waals surface area contributed by atoms with E-state index in [1.165, 1.54) is 16.7 Å². The van der Waals surface area contributed by atoms with E-state index in [-0.39, 0.29) is 0 Å². The van der Waals surface area contributed by atoms with Crippen molar-refractivity contribution in [2.75, 3.05) is 0 Å². The van der Waals surface area contributed by atoms with Crippen LogP contribution in [0.2, 0.25) is 0 Å². The van der Waals surface area contributed by atoms with Crippen molar-refractivity contribution in [2.24, 2.45) is 0 Å². The number of aryl methyl sites for hydroxylation is 1. The van der Waals surface area contributed by atoms with Crippen molar-refractivity contribution in [3.05, 3.63) is 52.0 Å². The summed E-state index contributed by atoms with van der Waals surface area (Å²) in [6.07, 6.45) is 6.24. The molecule has 0 amide bonds. The fraction of sp³-hybridized carbons (Fsp3) is 0.231. The number of allylic oxidation sites excluding steroid dienone is 4. The smallest absolute Gasteiger partial charge is 0.0181 e. The third kappa shape index (κ3) is 2.85. The molecule has 0 radical (unpaired) electrons. The minimum Gasteiger partial charge on any atom is -0.0877 e. The van der Waals surface area contributed by atoms with Gasteiger partial charge in [0.05, 0.1) is 0 Å². The van der Waals surface area contributed by atoms with Crippen molar-refractivity contribution in [1.82, 2.24) is 0 Å². The highest BCUT2D eigenvalue weighted by Gasteiger charge is 1.99. The van der Waals surface area contributed by atoms with Crippen LogP contribution in [0.15, 0.2) is 40.9 Å². The number of hydrogen-bond donors (Lipinski definition) is 0. The van der Waals surface area contributed by atoms with Gasteiger partial charge in [0.15, 0.2) is 0 Å². The second-order valence-corrected chi connectivity index (χ2v) is 4.25. The first-order chi connectivity index (χ1) is 6.65. The molecule has 0 saturated carbocycles. The molecule has 74 valence electrons. The maximum Gasteiger partial charge on any atom is 0.0181 e. The van der Waals surface area contributed by atoms with Gasteiger partial charge in [-0.2, -0.15) is 0 Å². The van der Waals surface area contributed by atoms with Gasteiger partial charge >= 0.3 is 0 Å². The second kappa shape index (κ2) is 5.16. The van der Waals surface area contributed by atoms with Crippen molar-refractivity contribution in [2.45, 2.75) is 20.8 Å². The zero-order valence-electron chi connectivity index (χ0n) is 8.84. The zero-order chi connectivity index (χ0) is 10.6. The topological polar surface area (TPSA) is 0 Å². The Morgan fingerprint density at radius 3 is 2.71 bits per heavy atom. The number of rotatable bonds is 2. The van der Waals surface area contributed by atoms with E-state index < -0.39 is 0 Å². The van der Waals surface area contributed by atoms with E-state index in [0.29, 0.717) is 0 Å². The highest BCUT2D eigenvalue weighted by atomic mass is 79.9. The van der Waals surface area contributed by atoms with Gasteiger partial charge in [-0.1, -0.05) is 40.2 Å². The summed E-state index contributed by atoms with van der Waals surface area (Å²) < 4.78 is 1.13. The van der Waals surface area contributed by atoms with Crippen LogP contribution in [0.25, 0.3) is 5.57 Å². The molecule has 0 nitrogen and oxygen atoms in total. The van der Waals surface area contributed by atoms with Gasteiger partial charge in [0.1, 0.15) is 0 Å². The summed E-state index contributed by atoms with van der Waals surface area (Å²) in [4.78, 5) is 0. The molecule has 0 saturated heterocycles. The van der Waals surface area contributed by atoms with Crippen LogP contribution >= 0.6 is 15.9 Å². The van der Waals surface area contributed by atoms with Gasteiger partial charge < -0.3 is 0 Å². The van der Waals surface area contributed by atoms with Gasteiger partial charge in [-0.15, -0.1) is 0 Å². The number of halogens is 1. The summed E-state index contributed by atoms with van der Waals surface area (Å²) in [5, 5.41) is 0. The molecule has 0 atom stereocenters. The molecular formula is C13H15Br. The maximum absolute atomic E-state index is 3.49. The molecule has 0 unspecified atom stereocenters. The minimum absolute atomic E-state index is 1.13. The zero-order valence-corrected chi connectivity index (χ0v) is 10.4. The van der Waals surface area contributed by atoms with Crippen LogP contribution in [-0.2, 0) is 0 Å². The third-order valence-electron chi connectivity index (χ3n) is 2.16. The first kappa shape index (κ1) is 11.3. The molecule has 0 spiro atoms. The van der Waals surface area contributed by atoms with Crippen molar-refractivity contribution in [1.29, 1.82) is 0 Å². The highest BCUT2D eigenvalue weighted by molar-refractivity contribution is 9.10. The van der Waals surface area contributed by atoms with Gasteiger partial charge in [0, 0.05) is 4.47 Å². The van der Waals surface area contributed by atoms with Crippen LogP contribution in [-0.4, -0.2) is 0 Å². The SMILES string of the molecule is C/C=C\C=C(/C)c1cc(Br)ccc1C. The highest BCUT2D eigenvalue weighted by Crippen LogP contribution is 2.22. The summed E-state index contributed by atoms with van der Waals surface area (Å²) >= 11 is 3.49. The van der Waals surface area contributed by atoms with Crippen LogP contribution < -0.4 is 0 Å². The quantitative estimate of drug-likeness (QED) is 0.666. The van der Waals surface area contributed by atoms with Gasteiger partial charge in [-0.25, -0.2) is 0 Å². The normalized spacial score (nSPS) is 12.4. The Bertz CT molecular complexity index is 373. The van der Waals surface area contributed by atoms with E-state index >= 15 is 0 Å². The molecule has 0 aliphatic heterocycles. The summed E-state index contributed by atoms with van der Waals surface area (Å²) in [7, 11) is 0.